The monoisotopic (exact) mass is 300 g/mol. The molecule has 0 amide bonds. The van der Waals surface area contributed by atoms with Gasteiger partial charge in [-0.05, 0) is 48.6 Å². The van der Waals surface area contributed by atoms with Crippen molar-refractivity contribution in [2.24, 2.45) is 5.92 Å². The first kappa shape index (κ1) is 15.1. The highest BCUT2D eigenvalue weighted by Gasteiger charge is 2.18. The van der Waals surface area contributed by atoms with Crippen molar-refractivity contribution in [1.82, 2.24) is 5.32 Å². The van der Waals surface area contributed by atoms with Crippen LogP contribution in [0, 0.1) is 5.92 Å². The smallest absolute Gasteiger partial charge is 0.117 e. The third-order valence-corrected chi connectivity index (χ3v) is 4.38. The third-order valence-electron chi connectivity index (χ3n) is 4.38. The Labute approximate surface area is 131 Å². The summed E-state index contributed by atoms with van der Waals surface area (Å²) in [6.45, 7) is 4.01. The van der Waals surface area contributed by atoms with Gasteiger partial charge in [-0.15, -0.1) is 0 Å². The van der Waals surface area contributed by atoms with E-state index in [0.717, 1.165) is 44.8 Å². The number of nitrogens with one attached hydrogen (secondary N) is 1. The second kappa shape index (κ2) is 7.47. The molecule has 2 aromatic rings. The highest BCUT2D eigenvalue weighted by molar-refractivity contribution is 5.48. The summed E-state index contributed by atoms with van der Waals surface area (Å²) in [5, 5.41) is 12.6. The Hall–Kier alpha value is -1.78. The van der Waals surface area contributed by atoms with Crippen LogP contribution >= 0.6 is 0 Å². The zero-order valence-corrected chi connectivity index (χ0v) is 12.9. The molecule has 1 aliphatic heterocycles. The summed E-state index contributed by atoms with van der Waals surface area (Å²) in [7, 11) is 0. The lowest BCUT2D eigenvalue weighted by molar-refractivity contribution is 0.203. The van der Waals surface area contributed by atoms with Crippen LogP contribution in [0.15, 0.2) is 47.1 Å². The van der Waals surface area contributed by atoms with Gasteiger partial charge in [-0.25, -0.2) is 0 Å². The SMILES string of the molecule is OCC1CCN(c2ccc(CNCc3ccco3)cc2)CC1. The van der Waals surface area contributed by atoms with Crippen molar-refractivity contribution in [3.8, 4) is 0 Å². The number of hydrogen-bond donors (Lipinski definition) is 2. The molecule has 118 valence electrons. The zero-order chi connectivity index (χ0) is 15.2. The second-order valence-corrected chi connectivity index (χ2v) is 5.96. The van der Waals surface area contributed by atoms with E-state index in [1.165, 1.54) is 11.3 Å². The Balaban J connectivity index is 1.48. The average molecular weight is 300 g/mol. The van der Waals surface area contributed by atoms with E-state index < -0.39 is 0 Å². The molecule has 0 bridgehead atoms. The molecule has 0 radical (unpaired) electrons. The van der Waals surface area contributed by atoms with E-state index >= 15 is 0 Å². The molecule has 1 fully saturated rings. The molecule has 0 atom stereocenters. The largest absolute Gasteiger partial charge is 0.468 e. The first-order chi connectivity index (χ1) is 10.8. The summed E-state index contributed by atoms with van der Waals surface area (Å²) < 4.78 is 5.30. The van der Waals surface area contributed by atoms with Gasteiger partial charge in [0.05, 0.1) is 12.8 Å². The van der Waals surface area contributed by atoms with Crippen LogP contribution in [0.25, 0.3) is 0 Å². The number of benzene rings is 1. The summed E-state index contributed by atoms with van der Waals surface area (Å²) in [6, 6.07) is 12.6. The van der Waals surface area contributed by atoms with E-state index in [0.29, 0.717) is 12.5 Å². The van der Waals surface area contributed by atoms with Crippen molar-refractivity contribution in [2.45, 2.75) is 25.9 Å². The van der Waals surface area contributed by atoms with Gasteiger partial charge in [0.15, 0.2) is 0 Å². The molecular formula is C18H24N2O2. The maximum atomic E-state index is 9.20. The molecule has 1 aromatic heterocycles. The number of rotatable bonds is 6. The molecule has 0 spiro atoms. The van der Waals surface area contributed by atoms with Crippen LogP contribution < -0.4 is 10.2 Å². The van der Waals surface area contributed by atoms with Crippen LogP contribution in [-0.2, 0) is 13.1 Å². The lowest BCUT2D eigenvalue weighted by atomic mass is 9.97. The van der Waals surface area contributed by atoms with Gasteiger partial charge in [-0.2, -0.15) is 0 Å². The quantitative estimate of drug-likeness (QED) is 0.861. The molecule has 1 aromatic carbocycles. The maximum absolute atomic E-state index is 9.20. The normalized spacial score (nSPS) is 16.1. The number of aliphatic hydroxyl groups excluding tert-OH is 1. The standard InChI is InChI=1S/C18H24N2O2/c21-14-16-7-9-20(10-8-16)17-5-3-15(4-6-17)12-19-13-18-2-1-11-22-18/h1-6,11,16,19,21H,7-10,12-14H2. The van der Waals surface area contributed by atoms with E-state index in [-0.39, 0.29) is 0 Å². The molecule has 22 heavy (non-hydrogen) atoms. The van der Waals surface area contributed by atoms with Crippen molar-refractivity contribution < 1.29 is 9.52 Å². The van der Waals surface area contributed by atoms with E-state index in [2.05, 4.69) is 34.5 Å². The zero-order valence-electron chi connectivity index (χ0n) is 12.9. The molecule has 0 aliphatic carbocycles. The molecule has 0 saturated carbocycles. The van der Waals surface area contributed by atoms with Crippen LogP contribution in [0.4, 0.5) is 5.69 Å². The van der Waals surface area contributed by atoms with Crippen molar-refractivity contribution in [3.05, 3.63) is 54.0 Å². The summed E-state index contributed by atoms with van der Waals surface area (Å²) in [4.78, 5) is 2.41. The van der Waals surface area contributed by atoms with Crippen LogP contribution in [0.2, 0.25) is 0 Å². The van der Waals surface area contributed by atoms with Crippen LogP contribution in [0.3, 0.4) is 0 Å². The second-order valence-electron chi connectivity index (χ2n) is 5.96. The lowest BCUT2D eigenvalue weighted by Gasteiger charge is -2.33. The predicted molar refractivity (Wildman–Crippen MR) is 87.7 cm³/mol. The molecule has 1 aliphatic rings. The van der Waals surface area contributed by atoms with Crippen molar-refractivity contribution in [1.29, 1.82) is 0 Å². The minimum absolute atomic E-state index is 0.327. The Morgan fingerprint density at radius 1 is 1.09 bits per heavy atom. The third kappa shape index (κ3) is 3.90. The Morgan fingerprint density at radius 2 is 1.86 bits per heavy atom. The fraction of sp³-hybridized carbons (Fsp3) is 0.444. The van der Waals surface area contributed by atoms with Gasteiger partial charge in [0.25, 0.3) is 0 Å². The molecule has 1 saturated heterocycles. The number of nitrogens with zero attached hydrogens (tertiary/aromatic N) is 1. The first-order valence-corrected chi connectivity index (χ1v) is 8.03. The van der Waals surface area contributed by atoms with Crippen molar-refractivity contribution in [3.63, 3.8) is 0 Å². The van der Waals surface area contributed by atoms with Crippen molar-refractivity contribution >= 4 is 5.69 Å². The van der Waals surface area contributed by atoms with Crippen LogP contribution in [-0.4, -0.2) is 24.8 Å². The summed E-state index contributed by atoms with van der Waals surface area (Å²) in [6.07, 6.45) is 3.87. The average Bonchev–Trinajstić information content (AvgIpc) is 3.09. The fourth-order valence-electron chi connectivity index (χ4n) is 2.94. The Bertz CT molecular complexity index is 543. The van der Waals surface area contributed by atoms with E-state index in [4.69, 9.17) is 4.42 Å². The highest BCUT2D eigenvalue weighted by atomic mass is 16.3. The van der Waals surface area contributed by atoms with Gasteiger partial charge < -0.3 is 19.7 Å². The summed E-state index contributed by atoms with van der Waals surface area (Å²) in [5.74, 6) is 1.45. The van der Waals surface area contributed by atoms with Gasteiger partial charge in [-0.1, -0.05) is 12.1 Å². The minimum Gasteiger partial charge on any atom is -0.468 e. The predicted octanol–water partition coefficient (Wildman–Crippen LogP) is 2.78. The lowest BCUT2D eigenvalue weighted by Crippen LogP contribution is -2.34. The maximum Gasteiger partial charge on any atom is 0.117 e. The number of piperidine rings is 1. The molecule has 2 heterocycles. The molecule has 4 heteroatoms. The summed E-state index contributed by atoms with van der Waals surface area (Å²) in [5.41, 5.74) is 2.56. The van der Waals surface area contributed by atoms with E-state index in [9.17, 15) is 5.11 Å². The van der Waals surface area contributed by atoms with Gasteiger partial charge >= 0.3 is 0 Å². The molecular weight excluding hydrogens is 276 g/mol. The fourth-order valence-corrected chi connectivity index (χ4v) is 2.94. The van der Waals surface area contributed by atoms with E-state index in [1.54, 1.807) is 6.26 Å². The van der Waals surface area contributed by atoms with Gasteiger partial charge in [-0.3, -0.25) is 0 Å². The Morgan fingerprint density at radius 3 is 2.50 bits per heavy atom. The Kier molecular flexibility index (Phi) is 5.14. The number of anilines is 1. The van der Waals surface area contributed by atoms with Crippen LogP contribution in [0.1, 0.15) is 24.2 Å². The highest BCUT2D eigenvalue weighted by Crippen LogP contribution is 2.23. The topological polar surface area (TPSA) is 48.6 Å². The van der Waals surface area contributed by atoms with E-state index in [1.807, 2.05) is 12.1 Å². The van der Waals surface area contributed by atoms with Crippen molar-refractivity contribution in [2.75, 3.05) is 24.6 Å². The first-order valence-electron chi connectivity index (χ1n) is 8.03. The molecule has 0 unspecified atom stereocenters. The van der Waals surface area contributed by atoms with Gasteiger partial charge in [0, 0.05) is 31.9 Å². The van der Waals surface area contributed by atoms with Gasteiger partial charge in [0.2, 0.25) is 0 Å². The molecule has 2 N–H and O–H groups in total. The molecule has 3 rings (SSSR count). The number of aliphatic hydroxyl groups is 1. The number of hydrogen-bond acceptors (Lipinski definition) is 4. The van der Waals surface area contributed by atoms with Gasteiger partial charge in [0.1, 0.15) is 5.76 Å². The minimum atomic E-state index is 0.327. The van der Waals surface area contributed by atoms with Crippen LogP contribution in [0.5, 0.6) is 0 Å². The number of furan rings is 1. The molecule has 4 nitrogen and oxygen atoms in total. The summed E-state index contributed by atoms with van der Waals surface area (Å²) >= 11 is 0.